The number of rotatable bonds is 5. The molecule has 3 aromatic carbocycles. The monoisotopic (exact) mass is 638 g/mol. The van der Waals surface area contributed by atoms with Crippen molar-refractivity contribution in [3.05, 3.63) is 118 Å². The van der Waals surface area contributed by atoms with Crippen LogP contribution in [-0.2, 0) is 14.3 Å². The van der Waals surface area contributed by atoms with Gasteiger partial charge >= 0.3 is 12.2 Å². The molecule has 10 nitrogen and oxygen atoms in total. The lowest BCUT2D eigenvalue weighted by molar-refractivity contribution is -0.120. The predicted octanol–water partition coefficient (Wildman–Crippen LogP) is 6.13. The quantitative estimate of drug-likeness (QED) is 0.282. The van der Waals surface area contributed by atoms with Gasteiger partial charge in [0.1, 0.15) is 17.5 Å². The maximum atomic E-state index is 15.3. The summed E-state index contributed by atoms with van der Waals surface area (Å²) in [4.78, 5) is 56.1. The summed E-state index contributed by atoms with van der Waals surface area (Å²) in [7, 11) is 1.29. The summed E-state index contributed by atoms with van der Waals surface area (Å²) in [6.07, 6.45) is 0.201. The van der Waals surface area contributed by atoms with Crippen LogP contribution in [0, 0.1) is 5.82 Å². The fraction of sp³-hybridized carbons (Fsp3) is 0.278. The van der Waals surface area contributed by atoms with Crippen LogP contribution < -0.4 is 10.9 Å². The number of halogens is 1. The normalized spacial score (nSPS) is 17.1. The smallest absolute Gasteiger partial charge is 0.411 e. The van der Waals surface area contributed by atoms with Gasteiger partial charge in [0.15, 0.2) is 0 Å². The molecular formula is C36H35FN4O6. The second-order valence-electron chi connectivity index (χ2n) is 12.6. The number of fused-ring (bicyclic) bond motifs is 3. The number of methoxy groups -OCH3 is 1. The number of likely N-dealkylation sites (tertiary alicyclic amines) is 1. The maximum absolute atomic E-state index is 15.3. The van der Waals surface area contributed by atoms with Crippen LogP contribution in [0.25, 0.3) is 16.8 Å². The van der Waals surface area contributed by atoms with E-state index in [1.165, 1.54) is 41.0 Å². The van der Waals surface area contributed by atoms with Crippen LogP contribution in [0.3, 0.4) is 0 Å². The van der Waals surface area contributed by atoms with E-state index in [0.717, 1.165) is 28.3 Å². The first-order chi connectivity index (χ1) is 22.5. The standard InChI is InChI=1S/C36H35FN4O6/c1-36(2,3)47-34(44)40-21-23(41(35(45)46-4)32-26-13-7-5-11-24(26)25-12-6-8-14-27(25)32)20-30(40)33(43)38-29-17-16-22(19-28(29)37)39-18-10-9-15-31(39)42/h5-19,23,30,32H,20-21H2,1-4H3,(H,38,43)/t23-,30-/m0/s1. The van der Waals surface area contributed by atoms with Gasteiger partial charge in [0.25, 0.3) is 5.56 Å². The Kier molecular flexibility index (Phi) is 8.31. The topological polar surface area (TPSA) is 110 Å². The molecule has 2 heterocycles. The van der Waals surface area contributed by atoms with E-state index in [9.17, 15) is 19.2 Å². The van der Waals surface area contributed by atoms with Crippen molar-refractivity contribution in [1.29, 1.82) is 0 Å². The third kappa shape index (κ3) is 6.08. The first kappa shape index (κ1) is 31.5. The van der Waals surface area contributed by atoms with Gasteiger partial charge in [-0.05, 0) is 67.6 Å². The lowest BCUT2D eigenvalue weighted by atomic mass is 10.0. The van der Waals surface area contributed by atoms with Crippen LogP contribution in [0.4, 0.5) is 19.7 Å². The van der Waals surface area contributed by atoms with Crippen molar-refractivity contribution in [2.24, 2.45) is 0 Å². The van der Waals surface area contributed by atoms with E-state index >= 15 is 4.39 Å². The molecule has 0 saturated carbocycles. The van der Waals surface area contributed by atoms with Gasteiger partial charge in [-0.25, -0.2) is 14.0 Å². The number of hydrogen-bond donors (Lipinski definition) is 1. The van der Waals surface area contributed by atoms with Gasteiger partial charge in [-0.2, -0.15) is 0 Å². The molecule has 11 heteroatoms. The highest BCUT2D eigenvalue weighted by atomic mass is 19.1. The summed E-state index contributed by atoms with van der Waals surface area (Å²) in [5.74, 6) is -1.42. The third-order valence-corrected chi connectivity index (χ3v) is 8.38. The molecule has 6 rings (SSSR count). The van der Waals surface area contributed by atoms with Gasteiger partial charge in [-0.1, -0.05) is 54.6 Å². The fourth-order valence-electron chi connectivity index (χ4n) is 6.40. The summed E-state index contributed by atoms with van der Waals surface area (Å²) in [6, 6.07) is 21.9. The van der Waals surface area contributed by atoms with E-state index in [1.807, 2.05) is 48.5 Å². The first-order valence-electron chi connectivity index (χ1n) is 15.3. The number of anilines is 1. The van der Waals surface area contributed by atoms with Crippen molar-refractivity contribution in [3.8, 4) is 16.8 Å². The van der Waals surface area contributed by atoms with E-state index in [-0.39, 0.29) is 29.9 Å². The third-order valence-electron chi connectivity index (χ3n) is 8.38. The second-order valence-corrected chi connectivity index (χ2v) is 12.6. The molecule has 1 aromatic heterocycles. The number of pyridine rings is 1. The molecule has 4 aromatic rings. The van der Waals surface area contributed by atoms with E-state index in [1.54, 1.807) is 37.8 Å². The van der Waals surface area contributed by atoms with Gasteiger partial charge in [0, 0.05) is 24.9 Å². The summed E-state index contributed by atoms with van der Waals surface area (Å²) in [5, 5.41) is 2.61. The van der Waals surface area contributed by atoms with Crippen LogP contribution >= 0.6 is 0 Å². The Labute approximate surface area is 271 Å². The van der Waals surface area contributed by atoms with E-state index < -0.39 is 47.6 Å². The zero-order valence-corrected chi connectivity index (χ0v) is 26.5. The summed E-state index contributed by atoms with van der Waals surface area (Å²) in [5.41, 5.74) is 2.72. The van der Waals surface area contributed by atoms with Gasteiger partial charge < -0.3 is 14.8 Å². The Morgan fingerprint density at radius 3 is 2.15 bits per heavy atom. The van der Waals surface area contributed by atoms with E-state index in [0.29, 0.717) is 0 Å². The number of nitrogens with zero attached hydrogens (tertiary/aromatic N) is 3. The van der Waals surface area contributed by atoms with Crippen molar-refractivity contribution < 1.29 is 28.2 Å². The number of benzene rings is 3. The second kappa shape index (κ2) is 12.4. The minimum atomic E-state index is -1.11. The molecule has 0 bridgehead atoms. The lowest BCUT2D eigenvalue weighted by Gasteiger charge is -2.34. The number of ether oxygens (including phenoxy) is 2. The molecule has 1 fully saturated rings. The average Bonchev–Trinajstić information content (AvgIpc) is 3.63. The average molecular weight is 639 g/mol. The van der Waals surface area contributed by atoms with Gasteiger partial charge in [-0.15, -0.1) is 0 Å². The molecule has 242 valence electrons. The van der Waals surface area contributed by atoms with Gasteiger partial charge in [0.05, 0.1) is 30.6 Å². The Morgan fingerprint density at radius 2 is 1.55 bits per heavy atom. The largest absolute Gasteiger partial charge is 0.453 e. The molecule has 47 heavy (non-hydrogen) atoms. The molecule has 3 amide bonds. The molecule has 1 saturated heterocycles. The number of carbonyl (C=O) groups excluding carboxylic acids is 3. The molecule has 0 spiro atoms. The van der Waals surface area contributed by atoms with Crippen LogP contribution in [-0.4, -0.2) is 63.8 Å². The molecule has 0 unspecified atom stereocenters. The SMILES string of the molecule is COC(=O)N(C1c2ccccc2-c2ccccc21)[C@H]1C[C@@H](C(=O)Nc2ccc(-n3ccccc3=O)cc2F)N(C(=O)OC(C)(C)C)C1. The summed E-state index contributed by atoms with van der Waals surface area (Å²) >= 11 is 0. The van der Waals surface area contributed by atoms with Gasteiger partial charge in [0.2, 0.25) is 5.91 Å². The van der Waals surface area contributed by atoms with Gasteiger partial charge in [-0.3, -0.25) is 24.0 Å². The van der Waals surface area contributed by atoms with Crippen molar-refractivity contribution in [2.45, 2.75) is 50.9 Å². The molecular weight excluding hydrogens is 603 g/mol. The fourth-order valence-corrected chi connectivity index (χ4v) is 6.40. The van der Waals surface area contributed by atoms with Crippen LogP contribution in [0.1, 0.15) is 44.4 Å². The minimum absolute atomic E-state index is 0.0265. The van der Waals surface area contributed by atoms with Crippen LogP contribution in [0.2, 0.25) is 0 Å². The number of aromatic nitrogens is 1. The molecule has 1 N–H and O–H groups in total. The first-order valence-corrected chi connectivity index (χ1v) is 15.3. The van der Waals surface area contributed by atoms with Crippen molar-refractivity contribution >= 4 is 23.8 Å². The predicted molar refractivity (Wildman–Crippen MR) is 174 cm³/mol. The Bertz CT molecular complexity index is 1870. The minimum Gasteiger partial charge on any atom is -0.453 e. The molecule has 1 aliphatic carbocycles. The summed E-state index contributed by atoms with van der Waals surface area (Å²) < 4.78 is 27.6. The van der Waals surface area contributed by atoms with E-state index in [2.05, 4.69) is 5.32 Å². The van der Waals surface area contributed by atoms with Crippen molar-refractivity contribution in [3.63, 3.8) is 0 Å². The highest BCUT2D eigenvalue weighted by Gasteiger charge is 2.48. The van der Waals surface area contributed by atoms with Crippen molar-refractivity contribution in [1.82, 2.24) is 14.4 Å². The number of nitrogens with one attached hydrogen (secondary N) is 1. The number of hydrogen-bond acceptors (Lipinski definition) is 6. The highest BCUT2D eigenvalue weighted by molar-refractivity contribution is 5.97. The summed E-state index contributed by atoms with van der Waals surface area (Å²) in [6.45, 7) is 5.13. The molecule has 1 aliphatic heterocycles. The Balaban J connectivity index is 1.33. The Hall–Kier alpha value is -5.45. The number of carbonyl (C=O) groups is 3. The molecule has 2 aliphatic rings. The van der Waals surface area contributed by atoms with Crippen molar-refractivity contribution in [2.75, 3.05) is 19.0 Å². The highest BCUT2D eigenvalue weighted by Crippen LogP contribution is 2.48. The molecule has 2 atom stereocenters. The van der Waals surface area contributed by atoms with E-state index in [4.69, 9.17) is 9.47 Å². The maximum Gasteiger partial charge on any atom is 0.411 e. The number of amides is 3. The van der Waals surface area contributed by atoms with Crippen LogP contribution in [0.5, 0.6) is 0 Å². The zero-order valence-electron chi connectivity index (χ0n) is 26.5. The lowest BCUT2D eigenvalue weighted by Crippen LogP contribution is -2.46. The molecule has 0 radical (unpaired) electrons. The zero-order chi connectivity index (χ0) is 33.5. The Morgan fingerprint density at radius 1 is 0.915 bits per heavy atom. The van der Waals surface area contributed by atoms with Crippen LogP contribution in [0.15, 0.2) is 95.9 Å².